The number of hydrogen-bond acceptors (Lipinski definition) is 8. The van der Waals surface area contributed by atoms with Crippen LogP contribution in [-0.4, -0.2) is 61.6 Å². The third-order valence-electron chi connectivity index (χ3n) is 3.77. The molecule has 1 saturated heterocycles. The van der Waals surface area contributed by atoms with Crippen molar-refractivity contribution in [1.82, 2.24) is 30.3 Å². The molecule has 1 atom stereocenters. The maximum atomic E-state index is 12.2. The Morgan fingerprint density at radius 2 is 2.38 bits per heavy atom. The van der Waals surface area contributed by atoms with Crippen molar-refractivity contribution in [3.63, 3.8) is 0 Å². The van der Waals surface area contributed by atoms with Crippen LogP contribution in [0.2, 0.25) is 0 Å². The molecule has 2 aromatic heterocycles. The summed E-state index contributed by atoms with van der Waals surface area (Å²) in [6.45, 7) is 6.04. The average Bonchev–Trinajstić information content (AvgIpc) is 3.17. The summed E-state index contributed by atoms with van der Waals surface area (Å²) < 4.78 is 0.880. The molecule has 1 amide bonds. The maximum absolute atomic E-state index is 12.2. The Morgan fingerprint density at radius 3 is 3.12 bits per heavy atom. The van der Waals surface area contributed by atoms with Crippen LogP contribution >= 0.6 is 23.1 Å². The molecule has 0 bridgehead atoms. The molecule has 0 saturated carbocycles. The van der Waals surface area contributed by atoms with Gasteiger partial charge in [-0.15, -0.1) is 10.2 Å². The third kappa shape index (κ3) is 4.52. The predicted molar refractivity (Wildman–Crippen MR) is 94.5 cm³/mol. The summed E-state index contributed by atoms with van der Waals surface area (Å²) >= 11 is 3.04. The molecule has 3 heterocycles. The van der Waals surface area contributed by atoms with Gasteiger partial charge < -0.3 is 0 Å². The lowest BCUT2D eigenvalue weighted by molar-refractivity contribution is -0.117. The number of amides is 1. The smallest absolute Gasteiger partial charge is 0.240 e. The van der Waals surface area contributed by atoms with E-state index in [1.54, 1.807) is 11.8 Å². The van der Waals surface area contributed by atoms with Crippen LogP contribution in [0.3, 0.4) is 0 Å². The van der Waals surface area contributed by atoms with Crippen molar-refractivity contribution in [3.8, 4) is 0 Å². The summed E-state index contributed by atoms with van der Waals surface area (Å²) in [4.78, 5) is 18.8. The van der Waals surface area contributed by atoms with Crippen molar-refractivity contribution in [1.29, 1.82) is 0 Å². The SMILES string of the molecule is CCSc1nnc(NC(=O)CN2CCCC(c3n[nH]c(C)n3)C2)s1. The number of aromatic nitrogens is 5. The molecule has 10 heteroatoms. The van der Waals surface area contributed by atoms with Gasteiger partial charge in [0.1, 0.15) is 5.82 Å². The minimum absolute atomic E-state index is 0.0500. The highest BCUT2D eigenvalue weighted by atomic mass is 32.2. The second-order valence-corrected chi connectivity index (χ2v) is 8.20. The van der Waals surface area contributed by atoms with Crippen molar-refractivity contribution < 1.29 is 4.79 Å². The van der Waals surface area contributed by atoms with Gasteiger partial charge in [-0.05, 0) is 32.1 Å². The quantitative estimate of drug-likeness (QED) is 0.594. The number of nitrogens with zero attached hydrogens (tertiary/aromatic N) is 5. The zero-order valence-electron chi connectivity index (χ0n) is 13.8. The van der Waals surface area contributed by atoms with E-state index in [1.165, 1.54) is 11.3 Å². The molecular formula is C14H21N7OS2. The second kappa shape index (κ2) is 8.04. The number of aryl methyl sites for hydroxylation is 1. The summed E-state index contributed by atoms with van der Waals surface area (Å²) in [6.07, 6.45) is 2.10. The number of piperidine rings is 1. The van der Waals surface area contributed by atoms with Crippen LogP contribution in [0.15, 0.2) is 4.34 Å². The van der Waals surface area contributed by atoms with Gasteiger partial charge >= 0.3 is 0 Å². The monoisotopic (exact) mass is 367 g/mol. The normalized spacial score (nSPS) is 18.7. The van der Waals surface area contributed by atoms with Crippen LogP contribution in [0.4, 0.5) is 5.13 Å². The fourth-order valence-corrected chi connectivity index (χ4v) is 4.42. The van der Waals surface area contributed by atoms with Crippen molar-refractivity contribution in [3.05, 3.63) is 11.6 Å². The highest BCUT2D eigenvalue weighted by molar-refractivity contribution is 8.01. The Kier molecular flexibility index (Phi) is 5.80. The Balaban J connectivity index is 1.51. The van der Waals surface area contributed by atoms with Gasteiger partial charge in [0.2, 0.25) is 11.0 Å². The first-order valence-corrected chi connectivity index (χ1v) is 9.81. The van der Waals surface area contributed by atoms with E-state index in [1.807, 2.05) is 6.92 Å². The van der Waals surface area contributed by atoms with Crippen molar-refractivity contribution in [2.24, 2.45) is 0 Å². The highest BCUT2D eigenvalue weighted by Gasteiger charge is 2.25. The van der Waals surface area contributed by atoms with E-state index < -0.39 is 0 Å². The Hall–Kier alpha value is -1.52. The molecule has 0 aliphatic carbocycles. The first-order chi connectivity index (χ1) is 11.6. The molecule has 8 nitrogen and oxygen atoms in total. The number of nitrogens with one attached hydrogen (secondary N) is 2. The Labute approximate surface area is 148 Å². The van der Waals surface area contributed by atoms with Crippen LogP contribution in [0.1, 0.15) is 37.3 Å². The number of carbonyl (C=O) groups is 1. The molecule has 2 aromatic rings. The maximum Gasteiger partial charge on any atom is 0.240 e. The van der Waals surface area contributed by atoms with Crippen LogP contribution in [0.5, 0.6) is 0 Å². The van der Waals surface area contributed by atoms with E-state index in [9.17, 15) is 4.79 Å². The zero-order chi connectivity index (χ0) is 16.9. The van der Waals surface area contributed by atoms with E-state index in [2.05, 4.69) is 42.5 Å². The number of carbonyl (C=O) groups excluding carboxylic acids is 1. The largest absolute Gasteiger partial charge is 0.299 e. The molecule has 0 radical (unpaired) electrons. The molecule has 0 spiro atoms. The lowest BCUT2D eigenvalue weighted by Crippen LogP contribution is -2.40. The highest BCUT2D eigenvalue weighted by Crippen LogP contribution is 2.26. The Morgan fingerprint density at radius 1 is 1.50 bits per heavy atom. The third-order valence-corrected chi connectivity index (χ3v) is 5.63. The van der Waals surface area contributed by atoms with Crippen LogP contribution in [0, 0.1) is 6.92 Å². The summed E-state index contributed by atoms with van der Waals surface area (Å²) in [7, 11) is 0. The topological polar surface area (TPSA) is 99.7 Å². The molecule has 1 aliphatic heterocycles. The lowest BCUT2D eigenvalue weighted by Gasteiger charge is -2.30. The fraction of sp³-hybridized carbons (Fsp3) is 0.643. The molecule has 130 valence electrons. The van der Waals surface area contributed by atoms with Gasteiger partial charge in [0.05, 0.1) is 6.54 Å². The van der Waals surface area contributed by atoms with E-state index in [0.29, 0.717) is 11.7 Å². The van der Waals surface area contributed by atoms with Crippen molar-refractivity contribution in [2.45, 2.75) is 36.9 Å². The van der Waals surface area contributed by atoms with Gasteiger partial charge in [0.15, 0.2) is 10.2 Å². The van der Waals surface area contributed by atoms with Crippen molar-refractivity contribution >= 4 is 34.1 Å². The number of H-pyrrole nitrogens is 1. The van der Waals surface area contributed by atoms with E-state index in [4.69, 9.17) is 0 Å². The number of likely N-dealkylation sites (tertiary alicyclic amines) is 1. The first kappa shape index (κ1) is 17.3. The van der Waals surface area contributed by atoms with E-state index in [-0.39, 0.29) is 11.8 Å². The van der Waals surface area contributed by atoms with Crippen LogP contribution in [0.25, 0.3) is 0 Å². The Bertz CT molecular complexity index is 686. The number of aromatic amines is 1. The van der Waals surface area contributed by atoms with Gasteiger partial charge in [0, 0.05) is 12.5 Å². The predicted octanol–water partition coefficient (Wildman–Crippen LogP) is 1.89. The summed E-state index contributed by atoms with van der Waals surface area (Å²) in [5.74, 6) is 2.86. The zero-order valence-corrected chi connectivity index (χ0v) is 15.4. The summed E-state index contributed by atoms with van der Waals surface area (Å²) in [6, 6.07) is 0. The standard InChI is InChI=1S/C14H21N7OS2/c1-3-23-14-20-19-13(24-14)16-11(22)8-21-6-4-5-10(7-21)12-15-9(2)17-18-12/h10H,3-8H2,1-2H3,(H,15,17,18)(H,16,19,22). The summed E-state index contributed by atoms with van der Waals surface area (Å²) in [5, 5.41) is 18.6. The van der Waals surface area contributed by atoms with Gasteiger partial charge in [-0.2, -0.15) is 5.10 Å². The molecule has 3 rings (SSSR count). The van der Waals surface area contributed by atoms with Gasteiger partial charge in [0.25, 0.3) is 0 Å². The van der Waals surface area contributed by atoms with Crippen LogP contribution < -0.4 is 5.32 Å². The number of rotatable bonds is 6. The number of anilines is 1. The molecule has 1 unspecified atom stereocenters. The molecule has 0 aromatic carbocycles. The number of hydrogen-bond donors (Lipinski definition) is 2. The van der Waals surface area contributed by atoms with Crippen LogP contribution in [-0.2, 0) is 4.79 Å². The fourth-order valence-electron chi connectivity index (χ4n) is 2.76. The second-order valence-electron chi connectivity index (χ2n) is 5.71. The average molecular weight is 368 g/mol. The lowest BCUT2D eigenvalue weighted by atomic mass is 9.97. The van der Waals surface area contributed by atoms with E-state index >= 15 is 0 Å². The van der Waals surface area contributed by atoms with E-state index in [0.717, 1.165) is 47.7 Å². The first-order valence-electron chi connectivity index (χ1n) is 8.01. The molecule has 24 heavy (non-hydrogen) atoms. The summed E-state index contributed by atoms with van der Waals surface area (Å²) in [5.41, 5.74) is 0. The molecule has 2 N–H and O–H groups in total. The van der Waals surface area contributed by atoms with Gasteiger partial charge in [-0.1, -0.05) is 30.0 Å². The molecule has 1 fully saturated rings. The van der Waals surface area contributed by atoms with Gasteiger partial charge in [-0.3, -0.25) is 20.1 Å². The molecular weight excluding hydrogens is 346 g/mol. The number of thioether (sulfide) groups is 1. The minimum atomic E-state index is -0.0500. The van der Waals surface area contributed by atoms with Crippen molar-refractivity contribution in [2.75, 3.05) is 30.7 Å². The molecule has 1 aliphatic rings. The van der Waals surface area contributed by atoms with Gasteiger partial charge in [-0.25, -0.2) is 4.98 Å². The minimum Gasteiger partial charge on any atom is -0.299 e.